The number of ether oxygens (including phenoxy) is 1. The van der Waals surface area contributed by atoms with Crippen LogP contribution in [0.4, 0.5) is 0 Å². The van der Waals surface area contributed by atoms with Crippen LogP contribution < -0.4 is 4.74 Å². The van der Waals surface area contributed by atoms with Gasteiger partial charge in [0.25, 0.3) is 0 Å². The number of aryl methyl sites for hydroxylation is 1. The van der Waals surface area contributed by atoms with Gasteiger partial charge in [-0.2, -0.15) is 0 Å². The van der Waals surface area contributed by atoms with Crippen LogP contribution in [0.5, 0.6) is 5.75 Å². The molecule has 3 nitrogen and oxygen atoms in total. The average molecular weight is 337 g/mol. The molecule has 1 unspecified atom stereocenters. The maximum absolute atomic E-state index is 10.5. The molecule has 1 aliphatic rings. The fraction of sp³-hybridized carbons (Fsp3) is 0.375. The molecule has 4 heteroatoms. The van der Waals surface area contributed by atoms with E-state index in [1.807, 2.05) is 19.1 Å². The van der Waals surface area contributed by atoms with E-state index >= 15 is 0 Å². The second-order valence-corrected chi connectivity index (χ2v) is 5.94. The quantitative estimate of drug-likeness (QED) is 0.922. The Balaban J connectivity index is 1.88. The minimum atomic E-state index is -0.564. The Morgan fingerprint density at radius 3 is 3.05 bits per heavy atom. The number of aliphatic hydroxyl groups excluding tert-OH is 1. The standard InChI is InChI=1S/C16H17BrO3/c1-2-15-13(4-6-19-15)14(18)9-11-8-12(17)7-10-3-5-20-16(10)11/h4,6-8,14,18H,2-3,5,9H2,1H3. The Kier molecular flexibility index (Phi) is 3.85. The third-order valence-electron chi connectivity index (χ3n) is 3.70. The smallest absolute Gasteiger partial charge is 0.125 e. The molecule has 0 spiro atoms. The Hall–Kier alpha value is -1.26. The highest BCUT2D eigenvalue weighted by Crippen LogP contribution is 2.36. The second-order valence-electron chi connectivity index (χ2n) is 5.02. The van der Waals surface area contributed by atoms with Crippen molar-refractivity contribution in [3.63, 3.8) is 0 Å². The van der Waals surface area contributed by atoms with Gasteiger partial charge in [-0.15, -0.1) is 0 Å². The van der Waals surface area contributed by atoms with Crippen molar-refractivity contribution < 1.29 is 14.3 Å². The molecule has 0 saturated carbocycles. The molecule has 1 aliphatic heterocycles. The Morgan fingerprint density at radius 2 is 2.25 bits per heavy atom. The van der Waals surface area contributed by atoms with Gasteiger partial charge in [0.2, 0.25) is 0 Å². The lowest BCUT2D eigenvalue weighted by molar-refractivity contribution is 0.174. The molecule has 1 N–H and O–H groups in total. The summed E-state index contributed by atoms with van der Waals surface area (Å²) in [7, 11) is 0. The molecule has 1 atom stereocenters. The molecule has 2 aromatic rings. The SMILES string of the molecule is CCc1occc1C(O)Cc1cc(Br)cc2c1OCC2. The minimum Gasteiger partial charge on any atom is -0.493 e. The zero-order valence-corrected chi connectivity index (χ0v) is 12.9. The molecular weight excluding hydrogens is 320 g/mol. The predicted molar refractivity (Wildman–Crippen MR) is 80.1 cm³/mol. The molecule has 0 aliphatic carbocycles. The van der Waals surface area contributed by atoms with Crippen molar-refractivity contribution in [3.05, 3.63) is 51.4 Å². The highest BCUT2D eigenvalue weighted by Gasteiger charge is 2.21. The first-order valence-corrected chi connectivity index (χ1v) is 7.66. The fourth-order valence-electron chi connectivity index (χ4n) is 2.75. The van der Waals surface area contributed by atoms with Crippen LogP contribution in [0.1, 0.15) is 35.5 Å². The third-order valence-corrected chi connectivity index (χ3v) is 4.16. The van der Waals surface area contributed by atoms with E-state index in [2.05, 4.69) is 22.0 Å². The molecule has 0 fully saturated rings. The molecule has 1 aromatic carbocycles. The molecule has 106 valence electrons. The molecule has 0 radical (unpaired) electrons. The number of aliphatic hydroxyl groups is 1. The molecule has 3 rings (SSSR count). The van der Waals surface area contributed by atoms with Gasteiger partial charge in [0.1, 0.15) is 11.5 Å². The van der Waals surface area contributed by atoms with Gasteiger partial charge >= 0.3 is 0 Å². The number of furan rings is 1. The minimum absolute atomic E-state index is 0.536. The molecule has 1 aromatic heterocycles. The number of hydrogen-bond acceptors (Lipinski definition) is 3. The van der Waals surface area contributed by atoms with Crippen LogP contribution in [0.25, 0.3) is 0 Å². The number of halogens is 1. The first kappa shape index (κ1) is 13.7. The summed E-state index contributed by atoms with van der Waals surface area (Å²) in [6, 6.07) is 5.97. The number of hydrogen-bond donors (Lipinski definition) is 1. The van der Waals surface area contributed by atoms with E-state index in [0.29, 0.717) is 6.42 Å². The van der Waals surface area contributed by atoms with E-state index in [4.69, 9.17) is 9.15 Å². The van der Waals surface area contributed by atoms with Crippen LogP contribution >= 0.6 is 15.9 Å². The first-order valence-electron chi connectivity index (χ1n) is 6.87. The maximum Gasteiger partial charge on any atom is 0.125 e. The topological polar surface area (TPSA) is 42.6 Å². The van der Waals surface area contributed by atoms with Crippen molar-refractivity contribution in [1.82, 2.24) is 0 Å². The summed E-state index contributed by atoms with van der Waals surface area (Å²) >= 11 is 3.53. The lowest BCUT2D eigenvalue weighted by Crippen LogP contribution is -2.04. The van der Waals surface area contributed by atoms with E-state index in [1.54, 1.807) is 6.26 Å². The van der Waals surface area contributed by atoms with Crippen molar-refractivity contribution >= 4 is 15.9 Å². The summed E-state index contributed by atoms with van der Waals surface area (Å²) < 4.78 is 12.1. The summed E-state index contributed by atoms with van der Waals surface area (Å²) in [4.78, 5) is 0. The zero-order valence-electron chi connectivity index (χ0n) is 11.4. The van der Waals surface area contributed by atoms with Gasteiger partial charge in [0.05, 0.1) is 19.0 Å². The Morgan fingerprint density at radius 1 is 1.40 bits per heavy atom. The van der Waals surface area contributed by atoms with E-state index in [1.165, 1.54) is 5.56 Å². The van der Waals surface area contributed by atoms with Gasteiger partial charge in [-0.25, -0.2) is 0 Å². The number of fused-ring (bicyclic) bond motifs is 1. The third kappa shape index (κ3) is 2.50. The van der Waals surface area contributed by atoms with Crippen LogP contribution in [-0.4, -0.2) is 11.7 Å². The summed E-state index contributed by atoms with van der Waals surface area (Å²) in [6.45, 7) is 2.75. The van der Waals surface area contributed by atoms with Gasteiger partial charge in [0, 0.05) is 29.3 Å². The molecule has 0 amide bonds. The van der Waals surface area contributed by atoms with Crippen molar-refractivity contribution in [2.24, 2.45) is 0 Å². The Bertz CT molecular complexity index is 618. The van der Waals surface area contributed by atoms with Crippen molar-refractivity contribution in [2.75, 3.05) is 6.61 Å². The van der Waals surface area contributed by atoms with Crippen LogP contribution in [-0.2, 0) is 19.3 Å². The first-order chi connectivity index (χ1) is 9.69. The summed E-state index contributed by atoms with van der Waals surface area (Å²) in [6.07, 6.45) is 3.33. The van der Waals surface area contributed by atoms with Crippen molar-refractivity contribution in [3.8, 4) is 5.75 Å². The van der Waals surface area contributed by atoms with Gasteiger partial charge < -0.3 is 14.3 Å². The predicted octanol–water partition coefficient (Wildman–Crippen LogP) is 3.82. The fourth-order valence-corrected chi connectivity index (χ4v) is 3.30. The summed E-state index contributed by atoms with van der Waals surface area (Å²) in [5.41, 5.74) is 3.13. The van der Waals surface area contributed by atoms with Crippen molar-refractivity contribution in [1.29, 1.82) is 0 Å². The summed E-state index contributed by atoms with van der Waals surface area (Å²) in [5, 5.41) is 10.5. The van der Waals surface area contributed by atoms with Crippen LogP contribution in [0, 0.1) is 0 Å². The van der Waals surface area contributed by atoms with E-state index < -0.39 is 6.10 Å². The largest absolute Gasteiger partial charge is 0.493 e. The van der Waals surface area contributed by atoms with E-state index in [9.17, 15) is 5.11 Å². The van der Waals surface area contributed by atoms with E-state index in [-0.39, 0.29) is 0 Å². The second kappa shape index (κ2) is 5.62. The normalized spacial score (nSPS) is 14.9. The summed E-state index contributed by atoms with van der Waals surface area (Å²) in [5.74, 6) is 1.79. The van der Waals surface area contributed by atoms with Crippen LogP contribution in [0.2, 0.25) is 0 Å². The maximum atomic E-state index is 10.5. The number of benzene rings is 1. The molecule has 0 bridgehead atoms. The van der Waals surface area contributed by atoms with Crippen molar-refractivity contribution in [2.45, 2.75) is 32.3 Å². The van der Waals surface area contributed by atoms with Gasteiger partial charge in [-0.05, 0) is 29.3 Å². The number of rotatable bonds is 4. The van der Waals surface area contributed by atoms with Crippen LogP contribution in [0.3, 0.4) is 0 Å². The highest BCUT2D eigenvalue weighted by atomic mass is 79.9. The molecule has 0 saturated heterocycles. The van der Waals surface area contributed by atoms with Gasteiger partial charge in [-0.3, -0.25) is 0 Å². The van der Waals surface area contributed by atoms with Crippen LogP contribution in [0.15, 0.2) is 33.4 Å². The van der Waals surface area contributed by atoms with Gasteiger partial charge in [-0.1, -0.05) is 22.9 Å². The lowest BCUT2D eigenvalue weighted by Gasteiger charge is -2.14. The molecule has 2 heterocycles. The highest BCUT2D eigenvalue weighted by molar-refractivity contribution is 9.10. The van der Waals surface area contributed by atoms with Gasteiger partial charge in [0.15, 0.2) is 0 Å². The zero-order chi connectivity index (χ0) is 14.1. The molecule has 20 heavy (non-hydrogen) atoms. The lowest BCUT2D eigenvalue weighted by atomic mass is 9.98. The molecular formula is C16H17BrO3. The average Bonchev–Trinajstić information content (AvgIpc) is 3.06. The van der Waals surface area contributed by atoms with E-state index in [0.717, 1.165) is 46.6 Å². The Labute approximate surface area is 126 Å². The monoisotopic (exact) mass is 336 g/mol.